The minimum atomic E-state index is -0.711. The zero-order valence-corrected chi connectivity index (χ0v) is 12.9. The molecule has 0 aliphatic rings. The number of rotatable bonds is 7. The molecule has 0 aliphatic carbocycles. The van der Waals surface area contributed by atoms with Crippen LogP contribution in [-0.4, -0.2) is 23.2 Å². The zero-order valence-electron chi connectivity index (χ0n) is 12.9. The topological polar surface area (TPSA) is 61.4 Å². The van der Waals surface area contributed by atoms with Crippen LogP contribution in [-0.2, 0) is 11.3 Å². The Balaban J connectivity index is 2.55. The summed E-state index contributed by atoms with van der Waals surface area (Å²) in [6, 6.07) is 7.68. The molecule has 1 aromatic carbocycles. The molecule has 0 bridgehead atoms. The second-order valence-corrected chi connectivity index (χ2v) is 6.04. The summed E-state index contributed by atoms with van der Waals surface area (Å²) >= 11 is 0. The highest BCUT2D eigenvalue weighted by Gasteiger charge is 2.21. The summed E-state index contributed by atoms with van der Waals surface area (Å²) in [5.41, 5.74) is 1.12. The molecule has 0 aromatic heterocycles. The van der Waals surface area contributed by atoms with E-state index in [1.165, 1.54) is 6.92 Å². The van der Waals surface area contributed by atoms with Crippen molar-refractivity contribution in [2.45, 2.75) is 46.3 Å². The lowest BCUT2D eigenvalue weighted by Gasteiger charge is -2.26. The molecule has 4 nitrogen and oxygen atoms in total. The number of para-hydroxylation sites is 1. The number of hydrogen-bond donors (Lipinski definition) is 3. The van der Waals surface area contributed by atoms with Gasteiger partial charge in [-0.05, 0) is 30.9 Å². The minimum Gasteiger partial charge on any atom is -0.389 e. The van der Waals surface area contributed by atoms with Gasteiger partial charge in [-0.2, -0.15) is 0 Å². The van der Waals surface area contributed by atoms with E-state index >= 15 is 0 Å². The van der Waals surface area contributed by atoms with E-state index < -0.39 is 5.60 Å². The van der Waals surface area contributed by atoms with Crippen molar-refractivity contribution in [2.24, 2.45) is 5.92 Å². The molecule has 1 aromatic rings. The van der Waals surface area contributed by atoms with Crippen molar-refractivity contribution in [3.63, 3.8) is 0 Å². The van der Waals surface area contributed by atoms with Gasteiger partial charge in [-0.3, -0.25) is 4.79 Å². The van der Waals surface area contributed by atoms with Crippen molar-refractivity contribution in [1.29, 1.82) is 0 Å². The number of benzene rings is 1. The van der Waals surface area contributed by atoms with Gasteiger partial charge in [0.15, 0.2) is 0 Å². The Labute approximate surface area is 121 Å². The molecule has 0 saturated heterocycles. The van der Waals surface area contributed by atoms with Crippen LogP contribution in [0, 0.1) is 5.92 Å². The van der Waals surface area contributed by atoms with Gasteiger partial charge in [0.05, 0.1) is 5.60 Å². The molecule has 0 saturated carbocycles. The predicted octanol–water partition coefficient (Wildman–Crippen LogP) is 2.53. The molecule has 0 heterocycles. The van der Waals surface area contributed by atoms with Crippen LogP contribution in [0.15, 0.2) is 24.3 Å². The SMILES string of the molecule is CC(=O)Nc1ccccc1CNCC(C)(O)CC(C)C. The lowest BCUT2D eigenvalue weighted by molar-refractivity contribution is -0.114. The molecule has 0 fully saturated rings. The van der Waals surface area contributed by atoms with Gasteiger partial charge in [-0.25, -0.2) is 0 Å². The lowest BCUT2D eigenvalue weighted by atomic mass is 9.94. The Morgan fingerprint density at radius 3 is 2.60 bits per heavy atom. The highest BCUT2D eigenvalue weighted by molar-refractivity contribution is 5.89. The standard InChI is InChI=1S/C16H26N2O2/c1-12(2)9-16(4,20)11-17-10-14-7-5-6-8-15(14)18-13(3)19/h5-8,12,17,20H,9-11H2,1-4H3,(H,18,19). The average Bonchev–Trinajstić information content (AvgIpc) is 2.28. The van der Waals surface area contributed by atoms with Gasteiger partial charge < -0.3 is 15.7 Å². The molecule has 1 unspecified atom stereocenters. The molecule has 20 heavy (non-hydrogen) atoms. The number of anilines is 1. The molecule has 1 atom stereocenters. The Hall–Kier alpha value is -1.39. The number of hydrogen-bond acceptors (Lipinski definition) is 3. The van der Waals surface area contributed by atoms with E-state index in [1.807, 2.05) is 31.2 Å². The molecule has 1 amide bonds. The van der Waals surface area contributed by atoms with Gasteiger partial charge >= 0.3 is 0 Å². The van der Waals surface area contributed by atoms with Crippen LogP contribution < -0.4 is 10.6 Å². The molecular weight excluding hydrogens is 252 g/mol. The molecule has 3 N–H and O–H groups in total. The lowest BCUT2D eigenvalue weighted by Crippen LogP contribution is -2.38. The monoisotopic (exact) mass is 278 g/mol. The molecular formula is C16H26N2O2. The fourth-order valence-corrected chi connectivity index (χ4v) is 2.40. The number of nitrogens with one attached hydrogen (secondary N) is 2. The summed E-state index contributed by atoms with van der Waals surface area (Å²) in [5, 5.41) is 16.3. The number of amides is 1. The van der Waals surface area contributed by atoms with Crippen molar-refractivity contribution in [3.05, 3.63) is 29.8 Å². The van der Waals surface area contributed by atoms with Crippen molar-refractivity contribution in [2.75, 3.05) is 11.9 Å². The Kier molecular flexibility index (Phi) is 6.17. The first kappa shape index (κ1) is 16.7. The van der Waals surface area contributed by atoms with Crippen LogP contribution in [0.5, 0.6) is 0 Å². The third kappa shape index (κ3) is 6.17. The van der Waals surface area contributed by atoms with Crippen LogP contribution in [0.4, 0.5) is 5.69 Å². The van der Waals surface area contributed by atoms with Crippen LogP contribution in [0.3, 0.4) is 0 Å². The highest BCUT2D eigenvalue weighted by Crippen LogP contribution is 2.17. The van der Waals surface area contributed by atoms with Gasteiger partial charge in [-0.15, -0.1) is 0 Å². The van der Waals surface area contributed by atoms with E-state index in [-0.39, 0.29) is 5.91 Å². The van der Waals surface area contributed by atoms with Crippen molar-refractivity contribution < 1.29 is 9.90 Å². The maximum absolute atomic E-state index is 11.1. The molecule has 112 valence electrons. The van der Waals surface area contributed by atoms with E-state index in [0.717, 1.165) is 17.7 Å². The summed E-state index contributed by atoms with van der Waals surface area (Å²) in [6.45, 7) is 8.68. The quantitative estimate of drug-likeness (QED) is 0.718. The largest absolute Gasteiger partial charge is 0.389 e. The molecule has 0 spiro atoms. The maximum Gasteiger partial charge on any atom is 0.221 e. The summed E-state index contributed by atoms with van der Waals surface area (Å²) in [4.78, 5) is 11.1. The third-order valence-electron chi connectivity index (χ3n) is 3.00. The Morgan fingerprint density at radius 2 is 2.00 bits per heavy atom. The fourth-order valence-electron chi connectivity index (χ4n) is 2.40. The second-order valence-electron chi connectivity index (χ2n) is 6.04. The fraction of sp³-hybridized carbons (Fsp3) is 0.562. The molecule has 0 aliphatic heterocycles. The van der Waals surface area contributed by atoms with Crippen LogP contribution >= 0.6 is 0 Å². The summed E-state index contributed by atoms with van der Waals surface area (Å²) < 4.78 is 0. The predicted molar refractivity (Wildman–Crippen MR) is 82.5 cm³/mol. The van der Waals surface area contributed by atoms with Crippen LogP contribution in [0.1, 0.15) is 39.7 Å². The number of carbonyl (C=O) groups is 1. The Morgan fingerprint density at radius 1 is 1.35 bits per heavy atom. The molecule has 4 heteroatoms. The van der Waals surface area contributed by atoms with Gasteiger partial charge in [-0.1, -0.05) is 32.0 Å². The normalized spacial score (nSPS) is 14.1. The average molecular weight is 278 g/mol. The van der Waals surface area contributed by atoms with Crippen LogP contribution in [0.25, 0.3) is 0 Å². The van der Waals surface area contributed by atoms with E-state index in [2.05, 4.69) is 24.5 Å². The second kappa shape index (κ2) is 7.41. The first-order chi connectivity index (χ1) is 9.30. The van der Waals surface area contributed by atoms with Crippen LogP contribution in [0.2, 0.25) is 0 Å². The summed E-state index contributed by atoms with van der Waals surface area (Å²) in [5.74, 6) is 0.378. The van der Waals surface area contributed by atoms with Crippen molar-refractivity contribution >= 4 is 11.6 Å². The van der Waals surface area contributed by atoms with Crippen molar-refractivity contribution in [3.8, 4) is 0 Å². The molecule has 0 radical (unpaired) electrons. The van der Waals surface area contributed by atoms with Gasteiger partial charge in [0.2, 0.25) is 5.91 Å². The maximum atomic E-state index is 11.1. The highest BCUT2D eigenvalue weighted by atomic mass is 16.3. The first-order valence-electron chi connectivity index (χ1n) is 7.09. The zero-order chi connectivity index (χ0) is 15.2. The first-order valence-corrected chi connectivity index (χ1v) is 7.09. The van der Waals surface area contributed by atoms with Gasteiger partial charge in [0, 0.05) is 25.7 Å². The van der Waals surface area contributed by atoms with E-state index in [0.29, 0.717) is 19.0 Å². The Bertz CT molecular complexity index is 442. The summed E-state index contributed by atoms with van der Waals surface area (Å²) in [7, 11) is 0. The smallest absolute Gasteiger partial charge is 0.221 e. The van der Waals surface area contributed by atoms with E-state index in [4.69, 9.17) is 0 Å². The van der Waals surface area contributed by atoms with E-state index in [9.17, 15) is 9.90 Å². The minimum absolute atomic E-state index is 0.0794. The number of aliphatic hydroxyl groups is 1. The third-order valence-corrected chi connectivity index (χ3v) is 3.00. The van der Waals surface area contributed by atoms with Gasteiger partial charge in [0.1, 0.15) is 0 Å². The number of carbonyl (C=O) groups excluding carboxylic acids is 1. The van der Waals surface area contributed by atoms with E-state index in [1.54, 1.807) is 0 Å². The molecule has 1 rings (SSSR count). The van der Waals surface area contributed by atoms with Gasteiger partial charge in [0.25, 0.3) is 0 Å². The van der Waals surface area contributed by atoms with Crippen molar-refractivity contribution in [1.82, 2.24) is 5.32 Å². The summed E-state index contributed by atoms with van der Waals surface area (Å²) in [6.07, 6.45) is 0.757.